The summed E-state index contributed by atoms with van der Waals surface area (Å²) in [6.07, 6.45) is 80.9. The Balaban J connectivity index is 4.60. The molecule has 0 aromatic heterocycles. The molecule has 0 aliphatic carbocycles. The highest BCUT2D eigenvalue weighted by atomic mass is 16.6. The van der Waals surface area contributed by atoms with Crippen molar-refractivity contribution in [3.05, 3.63) is 158 Å². The topological polar surface area (TPSA) is 78.9 Å². The summed E-state index contributed by atoms with van der Waals surface area (Å²) in [5.74, 6) is -1.05. The number of unbranched alkanes of at least 4 members (excludes halogenated alkanes) is 9. The number of esters is 3. The Morgan fingerprint density at radius 3 is 0.870 bits per heavy atom. The van der Waals surface area contributed by atoms with Gasteiger partial charge in [-0.1, -0.05) is 204 Å². The minimum Gasteiger partial charge on any atom is -0.462 e. The van der Waals surface area contributed by atoms with Crippen LogP contribution in [0.15, 0.2) is 158 Å². The zero-order valence-corrected chi connectivity index (χ0v) is 43.8. The van der Waals surface area contributed by atoms with Crippen molar-refractivity contribution >= 4 is 17.9 Å². The van der Waals surface area contributed by atoms with E-state index < -0.39 is 6.10 Å². The fourth-order valence-corrected chi connectivity index (χ4v) is 6.58. The van der Waals surface area contributed by atoms with Gasteiger partial charge in [0.2, 0.25) is 0 Å². The van der Waals surface area contributed by atoms with Crippen LogP contribution in [0.1, 0.15) is 201 Å². The first kappa shape index (κ1) is 64.0. The summed E-state index contributed by atoms with van der Waals surface area (Å²) in [7, 11) is 0. The molecule has 0 amide bonds. The van der Waals surface area contributed by atoms with Gasteiger partial charge in [-0.2, -0.15) is 0 Å². The van der Waals surface area contributed by atoms with Crippen LogP contribution in [0.3, 0.4) is 0 Å². The fourth-order valence-electron chi connectivity index (χ4n) is 6.58. The minimum atomic E-state index is -0.837. The molecule has 0 aromatic carbocycles. The third-order valence-electron chi connectivity index (χ3n) is 10.5. The van der Waals surface area contributed by atoms with E-state index in [0.717, 1.165) is 154 Å². The molecule has 0 spiro atoms. The SMILES string of the molecule is CC/C=C\C/C=C\C/C=C\C/C=C\C/C=C\CCCCCC(=O)OCC(COC(=O)CCCCCCC/C=C\C/C=C\C/C=C\CC)OC(=O)CCC/C=C\C/C=C\C/C=C\C/C=C\C/C=C\CC. The van der Waals surface area contributed by atoms with Crippen LogP contribution in [-0.2, 0) is 28.6 Å². The van der Waals surface area contributed by atoms with Gasteiger partial charge in [0.1, 0.15) is 13.2 Å². The van der Waals surface area contributed by atoms with E-state index in [0.29, 0.717) is 19.3 Å². The number of carbonyl (C=O) groups is 3. The summed E-state index contributed by atoms with van der Waals surface area (Å²) in [4.78, 5) is 38.1. The number of ether oxygens (including phenoxy) is 3. The third kappa shape index (κ3) is 53.8. The molecular formula is C63H96O6. The summed E-state index contributed by atoms with van der Waals surface area (Å²) in [6.45, 7) is 6.18. The quantitative estimate of drug-likeness (QED) is 0.0262. The summed E-state index contributed by atoms with van der Waals surface area (Å²) >= 11 is 0. The van der Waals surface area contributed by atoms with Crippen molar-refractivity contribution in [3.8, 4) is 0 Å². The second-order valence-corrected chi connectivity index (χ2v) is 17.0. The predicted octanol–water partition coefficient (Wildman–Crippen LogP) is 18.2. The first-order valence-corrected chi connectivity index (χ1v) is 27.0. The van der Waals surface area contributed by atoms with E-state index in [1.807, 2.05) is 0 Å². The Morgan fingerprint density at radius 2 is 0.536 bits per heavy atom. The molecule has 0 heterocycles. The van der Waals surface area contributed by atoms with Gasteiger partial charge < -0.3 is 14.2 Å². The van der Waals surface area contributed by atoms with Gasteiger partial charge in [-0.25, -0.2) is 0 Å². The second-order valence-electron chi connectivity index (χ2n) is 17.0. The zero-order valence-electron chi connectivity index (χ0n) is 43.8. The maximum absolute atomic E-state index is 12.8. The van der Waals surface area contributed by atoms with Gasteiger partial charge in [0.25, 0.3) is 0 Å². The Morgan fingerprint density at radius 1 is 0.290 bits per heavy atom. The maximum atomic E-state index is 12.8. The van der Waals surface area contributed by atoms with E-state index in [4.69, 9.17) is 14.2 Å². The first-order chi connectivity index (χ1) is 34.0. The Hall–Kier alpha value is -4.97. The monoisotopic (exact) mass is 949 g/mol. The molecule has 0 saturated carbocycles. The van der Waals surface area contributed by atoms with E-state index in [1.54, 1.807) is 0 Å². The van der Waals surface area contributed by atoms with Crippen LogP contribution < -0.4 is 0 Å². The second kappa shape index (κ2) is 55.6. The molecule has 0 fully saturated rings. The normalized spacial score (nSPS) is 13.4. The van der Waals surface area contributed by atoms with Gasteiger partial charge in [-0.05, 0) is 135 Å². The highest BCUT2D eigenvalue weighted by Crippen LogP contribution is 2.11. The Labute approximate surface area is 422 Å². The van der Waals surface area contributed by atoms with Crippen molar-refractivity contribution in [3.63, 3.8) is 0 Å². The molecule has 0 N–H and O–H groups in total. The lowest BCUT2D eigenvalue weighted by Crippen LogP contribution is -2.30. The summed E-state index contributed by atoms with van der Waals surface area (Å²) in [6, 6.07) is 0. The molecule has 0 aromatic rings. The minimum absolute atomic E-state index is 0.128. The Bertz CT molecular complexity index is 1610. The van der Waals surface area contributed by atoms with Crippen LogP contribution in [0.5, 0.6) is 0 Å². The Kier molecular flexibility index (Phi) is 51.6. The summed E-state index contributed by atoms with van der Waals surface area (Å²) in [5, 5.41) is 0. The molecule has 0 radical (unpaired) electrons. The van der Waals surface area contributed by atoms with E-state index >= 15 is 0 Å². The van der Waals surface area contributed by atoms with Crippen LogP contribution in [-0.4, -0.2) is 37.2 Å². The number of hydrogen-bond donors (Lipinski definition) is 0. The van der Waals surface area contributed by atoms with Crippen molar-refractivity contribution < 1.29 is 28.6 Å². The molecule has 0 rings (SSSR count). The van der Waals surface area contributed by atoms with Crippen molar-refractivity contribution in [2.24, 2.45) is 0 Å². The molecule has 384 valence electrons. The lowest BCUT2D eigenvalue weighted by Gasteiger charge is -2.18. The van der Waals surface area contributed by atoms with Gasteiger partial charge in [0, 0.05) is 19.3 Å². The molecule has 69 heavy (non-hydrogen) atoms. The largest absolute Gasteiger partial charge is 0.462 e. The van der Waals surface area contributed by atoms with Crippen LogP contribution in [0, 0.1) is 0 Å². The standard InChI is InChI=1S/C63H96O6/c1-4-7-10-13-16-19-22-25-28-30-31-33-35-38-41-44-47-50-53-56-62(65)68-59-60(58-67-61(64)55-52-49-46-43-40-37-34-27-24-21-18-15-12-9-6-3)69-63(66)57-54-51-48-45-42-39-36-32-29-26-23-20-17-14-11-8-5-2/h7-12,16-21,25-29,31,33-34,36,38-39,41,45,48,60H,4-6,13-15,22-24,30,32,35,37,40,42-44,46-47,49-59H2,1-3H3/b10-7-,11-8-,12-9-,19-16-,20-17-,21-18-,28-25-,29-26-,33-31-,34-27-,39-36-,41-38-,48-45-. The third-order valence-corrected chi connectivity index (χ3v) is 10.5. The highest BCUT2D eigenvalue weighted by molar-refractivity contribution is 5.71. The van der Waals surface area contributed by atoms with Crippen molar-refractivity contribution in [2.75, 3.05) is 13.2 Å². The van der Waals surface area contributed by atoms with Gasteiger partial charge in [0.15, 0.2) is 6.10 Å². The molecule has 6 heteroatoms. The zero-order chi connectivity index (χ0) is 50.0. The molecule has 0 aliphatic heterocycles. The van der Waals surface area contributed by atoms with E-state index in [1.165, 1.54) is 0 Å². The molecule has 0 bridgehead atoms. The van der Waals surface area contributed by atoms with Crippen LogP contribution in [0.25, 0.3) is 0 Å². The van der Waals surface area contributed by atoms with Crippen molar-refractivity contribution in [2.45, 2.75) is 207 Å². The van der Waals surface area contributed by atoms with E-state index in [9.17, 15) is 14.4 Å². The highest BCUT2D eigenvalue weighted by Gasteiger charge is 2.19. The van der Waals surface area contributed by atoms with Crippen molar-refractivity contribution in [1.29, 1.82) is 0 Å². The predicted molar refractivity (Wildman–Crippen MR) is 297 cm³/mol. The average molecular weight is 949 g/mol. The molecule has 1 atom stereocenters. The average Bonchev–Trinajstić information content (AvgIpc) is 3.35. The summed E-state index contributed by atoms with van der Waals surface area (Å²) < 4.78 is 16.7. The molecule has 0 saturated heterocycles. The number of carbonyl (C=O) groups excluding carboxylic acids is 3. The van der Waals surface area contributed by atoms with Gasteiger partial charge in [-0.15, -0.1) is 0 Å². The lowest BCUT2D eigenvalue weighted by molar-refractivity contribution is -0.167. The molecule has 1 unspecified atom stereocenters. The summed E-state index contributed by atoms with van der Waals surface area (Å²) in [5.41, 5.74) is 0. The van der Waals surface area contributed by atoms with E-state index in [2.05, 4.69) is 179 Å². The first-order valence-electron chi connectivity index (χ1n) is 27.0. The van der Waals surface area contributed by atoms with Crippen LogP contribution in [0.2, 0.25) is 0 Å². The van der Waals surface area contributed by atoms with Gasteiger partial charge in [0.05, 0.1) is 0 Å². The van der Waals surface area contributed by atoms with Crippen LogP contribution in [0.4, 0.5) is 0 Å². The smallest absolute Gasteiger partial charge is 0.306 e. The maximum Gasteiger partial charge on any atom is 0.306 e. The molecular weight excluding hydrogens is 853 g/mol. The number of allylic oxidation sites excluding steroid dienone is 26. The molecule has 6 nitrogen and oxygen atoms in total. The number of hydrogen-bond acceptors (Lipinski definition) is 6. The van der Waals surface area contributed by atoms with Crippen LogP contribution >= 0.6 is 0 Å². The number of rotatable bonds is 46. The molecule has 0 aliphatic rings. The van der Waals surface area contributed by atoms with Gasteiger partial charge in [-0.3, -0.25) is 14.4 Å². The van der Waals surface area contributed by atoms with E-state index in [-0.39, 0.29) is 37.5 Å². The fraction of sp³-hybridized carbons (Fsp3) is 0.540. The van der Waals surface area contributed by atoms with Gasteiger partial charge >= 0.3 is 17.9 Å². The van der Waals surface area contributed by atoms with Crippen molar-refractivity contribution in [1.82, 2.24) is 0 Å². The lowest BCUT2D eigenvalue weighted by atomic mass is 10.1.